The SMILES string of the molecule is CC1CC(N)CN(C(=O)c2ccnc3ccccc23)C1. The number of carbonyl (C=O) groups excluding carboxylic acids is 1. The Morgan fingerprint density at radius 3 is 2.90 bits per heavy atom. The van der Waals surface area contributed by atoms with E-state index in [9.17, 15) is 4.79 Å². The molecule has 2 aromatic rings. The van der Waals surface area contributed by atoms with E-state index >= 15 is 0 Å². The van der Waals surface area contributed by atoms with Crippen LogP contribution in [0.25, 0.3) is 10.9 Å². The predicted octanol–water partition coefficient (Wildman–Crippen LogP) is 2.04. The monoisotopic (exact) mass is 269 g/mol. The Morgan fingerprint density at radius 2 is 2.10 bits per heavy atom. The predicted molar refractivity (Wildman–Crippen MR) is 79.4 cm³/mol. The van der Waals surface area contributed by atoms with Gasteiger partial charge in [0.25, 0.3) is 5.91 Å². The van der Waals surface area contributed by atoms with Crippen molar-refractivity contribution < 1.29 is 4.79 Å². The molecule has 1 amide bonds. The number of hydrogen-bond donors (Lipinski definition) is 1. The van der Waals surface area contributed by atoms with Crippen LogP contribution < -0.4 is 5.73 Å². The number of nitrogens with two attached hydrogens (primary N) is 1. The molecule has 4 heteroatoms. The molecule has 2 atom stereocenters. The lowest BCUT2D eigenvalue weighted by Gasteiger charge is -2.35. The van der Waals surface area contributed by atoms with Gasteiger partial charge in [-0.3, -0.25) is 9.78 Å². The number of para-hydroxylation sites is 1. The van der Waals surface area contributed by atoms with Crippen LogP contribution >= 0.6 is 0 Å². The number of aromatic nitrogens is 1. The van der Waals surface area contributed by atoms with Gasteiger partial charge in [-0.2, -0.15) is 0 Å². The lowest BCUT2D eigenvalue weighted by molar-refractivity contribution is 0.0663. The van der Waals surface area contributed by atoms with Crippen LogP contribution in [0, 0.1) is 5.92 Å². The summed E-state index contributed by atoms with van der Waals surface area (Å²) < 4.78 is 0. The zero-order valence-electron chi connectivity index (χ0n) is 11.6. The standard InChI is InChI=1S/C16H19N3O/c1-11-8-12(17)10-19(9-11)16(20)14-6-7-18-15-5-3-2-4-13(14)15/h2-7,11-12H,8-10,17H2,1H3. The zero-order chi connectivity index (χ0) is 14.1. The third-order valence-electron chi connectivity index (χ3n) is 3.86. The highest BCUT2D eigenvalue weighted by molar-refractivity contribution is 6.06. The first-order chi connectivity index (χ1) is 9.65. The van der Waals surface area contributed by atoms with Gasteiger partial charge in [-0.15, -0.1) is 0 Å². The van der Waals surface area contributed by atoms with Gasteiger partial charge in [-0.25, -0.2) is 0 Å². The number of pyridine rings is 1. The second kappa shape index (κ2) is 5.21. The second-order valence-corrected chi connectivity index (χ2v) is 5.69. The summed E-state index contributed by atoms with van der Waals surface area (Å²) in [7, 11) is 0. The lowest BCUT2D eigenvalue weighted by Crippen LogP contribution is -2.48. The Morgan fingerprint density at radius 1 is 1.30 bits per heavy atom. The lowest BCUT2D eigenvalue weighted by atomic mass is 9.95. The van der Waals surface area contributed by atoms with Crippen molar-refractivity contribution in [2.45, 2.75) is 19.4 Å². The molecular formula is C16H19N3O. The average Bonchev–Trinajstić information content (AvgIpc) is 2.45. The summed E-state index contributed by atoms with van der Waals surface area (Å²) in [5, 5.41) is 0.909. The first-order valence-corrected chi connectivity index (χ1v) is 7.04. The van der Waals surface area contributed by atoms with E-state index in [0.717, 1.165) is 29.4 Å². The quantitative estimate of drug-likeness (QED) is 0.862. The Kier molecular flexibility index (Phi) is 3.40. The Balaban J connectivity index is 1.96. The van der Waals surface area contributed by atoms with E-state index in [2.05, 4.69) is 11.9 Å². The minimum Gasteiger partial charge on any atom is -0.337 e. The molecule has 1 aliphatic rings. The molecule has 1 aromatic heterocycles. The van der Waals surface area contributed by atoms with E-state index < -0.39 is 0 Å². The van der Waals surface area contributed by atoms with E-state index in [-0.39, 0.29) is 11.9 Å². The smallest absolute Gasteiger partial charge is 0.254 e. The van der Waals surface area contributed by atoms with E-state index in [1.165, 1.54) is 0 Å². The third kappa shape index (κ3) is 2.39. The Hall–Kier alpha value is -1.94. The molecule has 0 aliphatic carbocycles. The first kappa shape index (κ1) is 13.1. The molecule has 1 fully saturated rings. The van der Waals surface area contributed by atoms with Gasteiger partial charge in [-0.1, -0.05) is 25.1 Å². The molecule has 2 N–H and O–H groups in total. The van der Waals surface area contributed by atoms with Crippen molar-refractivity contribution in [1.29, 1.82) is 0 Å². The molecule has 1 aliphatic heterocycles. The van der Waals surface area contributed by atoms with E-state index in [1.807, 2.05) is 29.2 Å². The van der Waals surface area contributed by atoms with Crippen LogP contribution in [0.15, 0.2) is 36.5 Å². The minimum absolute atomic E-state index is 0.0607. The van der Waals surface area contributed by atoms with Crippen LogP contribution in [0.3, 0.4) is 0 Å². The molecule has 2 heterocycles. The summed E-state index contributed by atoms with van der Waals surface area (Å²) >= 11 is 0. The Labute approximate surface area is 118 Å². The number of benzene rings is 1. The summed E-state index contributed by atoms with van der Waals surface area (Å²) in [5.41, 5.74) is 7.61. The van der Waals surface area contributed by atoms with Crippen molar-refractivity contribution in [3.8, 4) is 0 Å². The van der Waals surface area contributed by atoms with Crippen LogP contribution in [0.2, 0.25) is 0 Å². The van der Waals surface area contributed by atoms with Crippen LogP contribution in [0.1, 0.15) is 23.7 Å². The number of carbonyl (C=O) groups is 1. The second-order valence-electron chi connectivity index (χ2n) is 5.69. The number of amides is 1. The molecule has 20 heavy (non-hydrogen) atoms. The van der Waals surface area contributed by atoms with Gasteiger partial charge in [0.05, 0.1) is 11.1 Å². The van der Waals surface area contributed by atoms with Gasteiger partial charge in [0, 0.05) is 30.7 Å². The van der Waals surface area contributed by atoms with Gasteiger partial charge >= 0.3 is 0 Å². The highest BCUT2D eigenvalue weighted by atomic mass is 16.2. The van der Waals surface area contributed by atoms with Crippen LogP contribution in [0.5, 0.6) is 0 Å². The topological polar surface area (TPSA) is 59.2 Å². The maximum absolute atomic E-state index is 12.7. The highest BCUT2D eigenvalue weighted by Gasteiger charge is 2.27. The highest BCUT2D eigenvalue weighted by Crippen LogP contribution is 2.21. The number of nitrogens with zero attached hydrogens (tertiary/aromatic N) is 2. The first-order valence-electron chi connectivity index (χ1n) is 7.04. The van der Waals surface area contributed by atoms with Crippen molar-refractivity contribution in [1.82, 2.24) is 9.88 Å². The Bertz CT molecular complexity index is 625. The van der Waals surface area contributed by atoms with Crippen molar-refractivity contribution in [3.63, 3.8) is 0 Å². The molecule has 1 saturated heterocycles. The van der Waals surface area contributed by atoms with Gasteiger partial charge in [0.2, 0.25) is 0 Å². The van der Waals surface area contributed by atoms with Crippen molar-refractivity contribution in [2.75, 3.05) is 13.1 Å². The number of fused-ring (bicyclic) bond motifs is 1. The fourth-order valence-electron chi connectivity index (χ4n) is 3.02. The minimum atomic E-state index is 0.0607. The summed E-state index contributed by atoms with van der Waals surface area (Å²) in [4.78, 5) is 18.9. The molecule has 1 aromatic carbocycles. The maximum atomic E-state index is 12.7. The van der Waals surface area contributed by atoms with E-state index in [0.29, 0.717) is 12.5 Å². The molecule has 3 rings (SSSR count). The molecule has 0 radical (unpaired) electrons. The molecule has 0 bridgehead atoms. The van der Waals surface area contributed by atoms with Crippen LogP contribution in [-0.2, 0) is 0 Å². The van der Waals surface area contributed by atoms with E-state index in [4.69, 9.17) is 5.73 Å². The number of piperidine rings is 1. The molecule has 2 unspecified atom stereocenters. The summed E-state index contributed by atoms with van der Waals surface area (Å²) in [6.45, 7) is 3.56. The molecule has 104 valence electrons. The molecule has 0 saturated carbocycles. The van der Waals surface area contributed by atoms with Crippen molar-refractivity contribution >= 4 is 16.8 Å². The molecular weight excluding hydrogens is 250 g/mol. The van der Waals surface area contributed by atoms with Crippen LogP contribution in [0.4, 0.5) is 0 Å². The normalized spacial score (nSPS) is 23.0. The van der Waals surface area contributed by atoms with Crippen LogP contribution in [-0.4, -0.2) is 34.9 Å². The van der Waals surface area contributed by atoms with Crippen molar-refractivity contribution in [2.24, 2.45) is 11.7 Å². The number of rotatable bonds is 1. The zero-order valence-corrected chi connectivity index (χ0v) is 11.6. The summed E-state index contributed by atoms with van der Waals surface area (Å²) in [5.74, 6) is 0.515. The van der Waals surface area contributed by atoms with E-state index in [1.54, 1.807) is 12.3 Å². The third-order valence-corrected chi connectivity index (χ3v) is 3.86. The fourth-order valence-corrected chi connectivity index (χ4v) is 3.02. The maximum Gasteiger partial charge on any atom is 0.254 e. The fraction of sp³-hybridized carbons (Fsp3) is 0.375. The molecule has 4 nitrogen and oxygen atoms in total. The molecule has 0 spiro atoms. The summed E-state index contributed by atoms with van der Waals surface area (Å²) in [6.07, 6.45) is 2.68. The van der Waals surface area contributed by atoms with Gasteiger partial charge in [0.1, 0.15) is 0 Å². The van der Waals surface area contributed by atoms with Gasteiger partial charge < -0.3 is 10.6 Å². The number of hydrogen-bond acceptors (Lipinski definition) is 3. The average molecular weight is 269 g/mol. The van der Waals surface area contributed by atoms with Gasteiger partial charge in [-0.05, 0) is 24.5 Å². The van der Waals surface area contributed by atoms with Gasteiger partial charge in [0.15, 0.2) is 0 Å². The van der Waals surface area contributed by atoms with Crippen molar-refractivity contribution in [3.05, 3.63) is 42.1 Å². The summed E-state index contributed by atoms with van der Waals surface area (Å²) in [6, 6.07) is 9.62. The largest absolute Gasteiger partial charge is 0.337 e. The number of likely N-dealkylation sites (tertiary alicyclic amines) is 1.